The minimum atomic E-state index is -0.381. The zero-order valence-corrected chi connectivity index (χ0v) is 18.0. The number of amides is 3. The van der Waals surface area contributed by atoms with Gasteiger partial charge in [0.15, 0.2) is 0 Å². The van der Waals surface area contributed by atoms with Gasteiger partial charge in [0.1, 0.15) is 18.1 Å². The van der Waals surface area contributed by atoms with E-state index in [1.165, 1.54) is 15.7 Å². The maximum atomic E-state index is 12.2. The quantitative estimate of drug-likeness (QED) is 0.308. The largest absolute Gasteiger partial charge is 0.488 e. The number of likely N-dealkylation sites (N-methyl/N-ethyl adjacent to an activating group) is 1. The summed E-state index contributed by atoms with van der Waals surface area (Å²) in [4.78, 5) is 25.2. The number of carbonyl (C=O) groups excluding carboxylic acids is 2. The van der Waals surface area contributed by atoms with Gasteiger partial charge in [-0.1, -0.05) is 42.5 Å². The van der Waals surface area contributed by atoms with Gasteiger partial charge >= 0.3 is 6.03 Å². The molecule has 1 aliphatic rings. The molecule has 1 saturated heterocycles. The van der Waals surface area contributed by atoms with E-state index in [1.807, 2.05) is 30.3 Å². The lowest BCUT2D eigenvalue weighted by Gasteiger charge is -2.10. The molecule has 5 nitrogen and oxygen atoms in total. The highest BCUT2D eigenvalue weighted by Crippen LogP contribution is 2.25. The summed E-state index contributed by atoms with van der Waals surface area (Å²) in [6, 6.07) is 19.8. The van der Waals surface area contributed by atoms with Crippen molar-refractivity contribution >= 4 is 51.4 Å². The molecule has 146 valence electrons. The van der Waals surface area contributed by atoms with Gasteiger partial charge in [0, 0.05) is 6.54 Å². The van der Waals surface area contributed by atoms with Gasteiger partial charge in [-0.05, 0) is 75.7 Å². The molecule has 0 unspecified atom stereocenters. The third-order valence-electron chi connectivity index (χ3n) is 4.75. The maximum Gasteiger partial charge on any atom is 0.328 e. The number of imide groups is 1. The first-order valence-corrected chi connectivity index (χ1v) is 10.4. The molecule has 3 aromatic rings. The van der Waals surface area contributed by atoms with Crippen LogP contribution in [0.25, 0.3) is 16.8 Å². The summed E-state index contributed by atoms with van der Waals surface area (Å²) in [7, 11) is 0. The van der Waals surface area contributed by atoms with Crippen LogP contribution >= 0.6 is 22.6 Å². The zero-order valence-electron chi connectivity index (χ0n) is 15.8. The fourth-order valence-corrected chi connectivity index (χ4v) is 3.93. The molecule has 1 heterocycles. The van der Waals surface area contributed by atoms with Crippen LogP contribution in [0.2, 0.25) is 0 Å². The highest BCUT2D eigenvalue weighted by atomic mass is 127. The second-order valence-electron chi connectivity index (χ2n) is 6.70. The van der Waals surface area contributed by atoms with Crippen molar-refractivity contribution in [1.82, 2.24) is 10.2 Å². The van der Waals surface area contributed by atoms with Gasteiger partial charge in [0.25, 0.3) is 5.91 Å². The van der Waals surface area contributed by atoms with E-state index in [2.05, 4.69) is 58.2 Å². The molecule has 0 saturated carbocycles. The first kappa shape index (κ1) is 19.4. The summed E-state index contributed by atoms with van der Waals surface area (Å²) in [5, 5.41) is 5.01. The molecule has 0 aliphatic carbocycles. The SMILES string of the molecule is CCN1C(=O)N/C(=C/c2ccc(OCc3ccc4ccccc4c3)c(I)c2)C1=O. The normalized spacial score (nSPS) is 15.2. The third-order valence-corrected chi connectivity index (χ3v) is 5.60. The Morgan fingerprint density at radius 1 is 1.03 bits per heavy atom. The number of urea groups is 1. The molecule has 0 spiro atoms. The Hall–Kier alpha value is -2.87. The molecule has 0 aromatic heterocycles. The molecule has 1 N–H and O–H groups in total. The second kappa shape index (κ2) is 8.24. The van der Waals surface area contributed by atoms with E-state index >= 15 is 0 Å². The van der Waals surface area contributed by atoms with Gasteiger partial charge in [-0.15, -0.1) is 0 Å². The van der Waals surface area contributed by atoms with Gasteiger partial charge in [0.2, 0.25) is 0 Å². The van der Waals surface area contributed by atoms with Crippen molar-refractivity contribution in [2.75, 3.05) is 6.54 Å². The van der Waals surface area contributed by atoms with Crippen molar-refractivity contribution in [3.63, 3.8) is 0 Å². The molecular formula is C23H19IN2O3. The van der Waals surface area contributed by atoms with Crippen LogP contribution in [0.3, 0.4) is 0 Å². The van der Waals surface area contributed by atoms with Crippen molar-refractivity contribution < 1.29 is 14.3 Å². The fraction of sp³-hybridized carbons (Fsp3) is 0.130. The van der Waals surface area contributed by atoms with Crippen molar-refractivity contribution in [3.8, 4) is 5.75 Å². The number of carbonyl (C=O) groups is 2. The van der Waals surface area contributed by atoms with Gasteiger partial charge in [0.05, 0.1) is 3.57 Å². The number of halogens is 1. The molecule has 6 heteroatoms. The summed E-state index contributed by atoms with van der Waals surface area (Å²) in [5.41, 5.74) is 2.22. The molecule has 0 bridgehead atoms. The van der Waals surface area contributed by atoms with Crippen LogP contribution < -0.4 is 10.1 Å². The summed E-state index contributed by atoms with van der Waals surface area (Å²) < 4.78 is 6.93. The van der Waals surface area contributed by atoms with Crippen molar-refractivity contribution in [2.24, 2.45) is 0 Å². The monoisotopic (exact) mass is 498 g/mol. The molecule has 4 rings (SSSR count). The number of ether oxygens (including phenoxy) is 1. The van der Waals surface area contributed by atoms with Crippen LogP contribution in [0.4, 0.5) is 4.79 Å². The van der Waals surface area contributed by atoms with E-state index in [-0.39, 0.29) is 17.6 Å². The molecule has 0 radical (unpaired) electrons. The first-order valence-electron chi connectivity index (χ1n) is 9.29. The zero-order chi connectivity index (χ0) is 20.4. The molecule has 29 heavy (non-hydrogen) atoms. The molecule has 1 fully saturated rings. The standard InChI is InChI=1S/C23H19IN2O3/c1-2-26-22(27)20(25-23(26)28)13-15-8-10-21(19(24)12-15)29-14-16-7-9-17-5-3-4-6-18(17)11-16/h3-13H,2,14H2,1H3,(H,25,28)/b20-13+. The van der Waals surface area contributed by atoms with E-state index in [0.29, 0.717) is 13.2 Å². The van der Waals surface area contributed by atoms with Crippen molar-refractivity contribution in [1.29, 1.82) is 0 Å². The predicted octanol–water partition coefficient (Wildman–Crippen LogP) is 4.94. The first-order chi connectivity index (χ1) is 14.0. The van der Waals surface area contributed by atoms with Crippen LogP contribution in [-0.4, -0.2) is 23.4 Å². The Bertz CT molecular complexity index is 1140. The van der Waals surface area contributed by atoms with Gasteiger partial charge < -0.3 is 10.1 Å². The Morgan fingerprint density at radius 3 is 2.55 bits per heavy atom. The molecular weight excluding hydrogens is 479 g/mol. The van der Waals surface area contributed by atoms with Crippen LogP contribution in [0.15, 0.2) is 66.4 Å². The Morgan fingerprint density at radius 2 is 1.83 bits per heavy atom. The summed E-state index contributed by atoms with van der Waals surface area (Å²) in [5.74, 6) is 0.474. The Kier molecular flexibility index (Phi) is 5.53. The van der Waals surface area contributed by atoms with Crippen LogP contribution in [0.1, 0.15) is 18.1 Å². The number of rotatable bonds is 5. The summed E-state index contributed by atoms with van der Waals surface area (Å²) >= 11 is 2.21. The number of hydrogen-bond acceptors (Lipinski definition) is 3. The van der Waals surface area contributed by atoms with Crippen LogP contribution in [0, 0.1) is 3.57 Å². The van der Waals surface area contributed by atoms with E-state index in [9.17, 15) is 9.59 Å². The fourth-order valence-electron chi connectivity index (χ4n) is 3.24. The van der Waals surface area contributed by atoms with E-state index in [0.717, 1.165) is 20.4 Å². The second-order valence-corrected chi connectivity index (χ2v) is 7.86. The highest BCUT2D eigenvalue weighted by molar-refractivity contribution is 14.1. The van der Waals surface area contributed by atoms with E-state index in [4.69, 9.17) is 4.74 Å². The molecule has 3 amide bonds. The Labute approximate surface area is 182 Å². The van der Waals surface area contributed by atoms with E-state index < -0.39 is 0 Å². The summed E-state index contributed by atoms with van der Waals surface area (Å²) in [6.07, 6.45) is 1.69. The molecule has 1 aliphatic heterocycles. The number of hydrogen-bond donors (Lipinski definition) is 1. The number of nitrogens with zero attached hydrogens (tertiary/aromatic N) is 1. The lowest BCUT2D eigenvalue weighted by Crippen LogP contribution is -2.30. The van der Waals surface area contributed by atoms with Gasteiger partial charge in [-0.2, -0.15) is 0 Å². The van der Waals surface area contributed by atoms with Crippen LogP contribution in [-0.2, 0) is 11.4 Å². The minimum absolute atomic E-state index is 0.289. The molecule has 3 aromatic carbocycles. The number of nitrogens with one attached hydrogen (secondary N) is 1. The van der Waals surface area contributed by atoms with Gasteiger partial charge in [-0.3, -0.25) is 9.69 Å². The predicted molar refractivity (Wildman–Crippen MR) is 121 cm³/mol. The Balaban J connectivity index is 1.48. The average Bonchev–Trinajstić information content (AvgIpc) is 2.99. The van der Waals surface area contributed by atoms with Crippen molar-refractivity contribution in [2.45, 2.75) is 13.5 Å². The van der Waals surface area contributed by atoms with Crippen LogP contribution in [0.5, 0.6) is 5.75 Å². The lowest BCUT2D eigenvalue weighted by atomic mass is 10.1. The lowest BCUT2D eigenvalue weighted by molar-refractivity contribution is -0.122. The summed E-state index contributed by atoms with van der Waals surface area (Å²) in [6.45, 7) is 2.59. The van der Waals surface area contributed by atoms with Crippen molar-refractivity contribution in [3.05, 3.63) is 81.1 Å². The smallest absolute Gasteiger partial charge is 0.328 e. The third kappa shape index (κ3) is 4.12. The average molecular weight is 498 g/mol. The minimum Gasteiger partial charge on any atom is -0.488 e. The number of fused-ring (bicyclic) bond motifs is 1. The number of benzene rings is 3. The topological polar surface area (TPSA) is 58.6 Å². The highest BCUT2D eigenvalue weighted by Gasteiger charge is 2.31. The van der Waals surface area contributed by atoms with Gasteiger partial charge in [-0.25, -0.2) is 4.79 Å². The van der Waals surface area contributed by atoms with E-state index in [1.54, 1.807) is 13.0 Å². The maximum absolute atomic E-state index is 12.2. The molecule has 0 atom stereocenters.